The lowest BCUT2D eigenvalue weighted by atomic mass is 9.95. The van der Waals surface area contributed by atoms with Crippen LogP contribution in [-0.4, -0.2) is 20.2 Å². The lowest BCUT2D eigenvalue weighted by Crippen LogP contribution is -2.45. The first-order chi connectivity index (χ1) is 16.0. The fourth-order valence-corrected chi connectivity index (χ4v) is 5.03. The van der Waals surface area contributed by atoms with Gasteiger partial charge in [0, 0.05) is 21.2 Å². The van der Waals surface area contributed by atoms with Crippen molar-refractivity contribution in [1.29, 1.82) is 0 Å². The Hall–Kier alpha value is -3.07. The van der Waals surface area contributed by atoms with E-state index in [0.717, 1.165) is 16.8 Å². The molecule has 0 bridgehead atoms. The highest BCUT2D eigenvalue weighted by Gasteiger charge is 2.34. The van der Waals surface area contributed by atoms with E-state index in [-0.39, 0.29) is 11.9 Å². The van der Waals surface area contributed by atoms with Gasteiger partial charge in [0.05, 0.1) is 18.2 Å². The van der Waals surface area contributed by atoms with Crippen LogP contribution in [0.25, 0.3) is 17.0 Å². The predicted molar refractivity (Wildman–Crippen MR) is 132 cm³/mol. The summed E-state index contributed by atoms with van der Waals surface area (Å²) in [6, 6.07) is 17.4. The van der Waals surface area contributed by atoms with Crippen molar-refractivity contribution in [3.05, 3.63) is 98.9 Å². The minimum Gasteiger partial charge on any atom is -0.351 e. The monoisotopic (exact) mass is 496 g/mol. The molecule has 2 aromatic carbocycles. The fraction of sp³-hybridized carbons (Fsp3) is 0.125. The first-order valence-corrected chi connectivity index (χ1v) is 11.8. The number of hydrogen-bond acceptors (Lipinski definition) is 5. The number of nitrogens with zero attached hydrogens (tertiary/aromatic N) is 3. The predicted octanol–water partition coefficient (Wildman–Crippen LogP) is 6.45. The molecule has 1 aliphatic heterocycles. The van der Waals surface area contributed by atoms with E-state index in [2.05, 4.69) is 21.5 Å². The summed E-state index contributed by atoms with van der Waals surface area (Å²) in [5.74, 6) is 0.286. The quantitative estimate of drug-likeness (QED) is 0.320. The number of rotatable bonds is 5. The Bertz CT molecular complexity index is 1350. The van der Waals surface area contributed by atoms with Gasteiger partial charge in [-0.2, -0.15) is 4.98 Å². The van der Waals surface area contributed by atoms with Crippen molar-refractivity contribution >= 4 is 45.8 Å². The van der Waals surface area contributed by atoms with Gasteiger partial charge in [-0.15, -0.1) is 11.3 Å². The Kier molecular flexibility index (Phi) is 5.97. The van der Waals surface area contributed by atoms with E-state index in [9.17, 15) is 4.39 Å². The van der Waals surface area contributed by atoms with Gasteiger partial charge in [0.1, 0.15) is 5.82 Å². The zero-order valence-corrected chi connectivity index (χ0v) is 19.8. The molecular weight excluding hydrogens is 479 g/mol. The standard InChI is InChI=1S/C24H18ClFN4OS2/c1-14-20(23-28-22(29-31-23)16-6-3-8-18(26)12-16)21(15-5-2-7-17(25)11-15)27-24(32)30(14)13-19-9-4-10-33-19/h2-12,21H,13H2,1H3,(H,27,32). The van der Waals surface area contributed by atoms with Gasteiger partial charge in [-0.25, -0.2) is 4.39 Å². The van der Waals surface area contributed by atoms with Crippen LogP contribution in [0.15, 0.2) is 76.3 Å². The Morgan fingerprint density at radius 2 is 2.03 bits per heavy atom. The normalized spacial score (nSPS) is 16.3. The average molecular weight is 497 g/mol. The van der Waals surface area contributed by atoms with E-state index in [0.29, 0.717) is 34.0 Å². The largest absolute Gasteiger partial charge is 0.351 e. The smallest absolute Gasteiger partial charge is 0.258 e. The molecule has 0 aliphatic carbocycles. The van der Waals surface area contributed by atoms with E-state index < -0.39 is 0 Å². The number of aromatic nitrogens is 2. The van der Waals surface area contributed by atoms with Crippen molar-refractivity contribution in [1.82, 2.24) is 20.4 Å². The SMILES string of the molecule is CC1=C(c2nc(-c3cccc(F)c3)no2)C(c2cccc(Cl)c2)NC(=S)N1Cc1cccs1. The van der Waals surface area contributed by atoms with Crippen LogP contribution in [0, 0.1) is 5.82 Å². The number of halogens is 2. The molecule has 33 heavy (non-hydrogen) atoms. The molecule has 2 aromatic heterocycles. The Labute approximate surface area is 204 Å². The minimum absolute atomic E-state index is 0.313. The van der Waals surface area contributed by atoms with Gasteiger partial charge in [-0.1, -0.05) is 47.1 Å². The van der Waals surface area contributed by atoms with Crippen LogP contribution in [0.1, 0.15) is 29.3 Å². The molecule has 1 aliphatic rings. The van der Waals surface area contributed by atoms with Crippen molar-refractivity contribution in [2.45, 2.75) is 19.5 Å². The van der Waals surface area contributed by atoms with E-state index >= 15 is 0 Å². The maximum Gasteiger partial charge on any atom is 0.258 e. The van der Waals surface area contributed by atoms with Gasteiger partial charge in [0.2, 0.25) is 5.82 Å². The average Bonchev–Trinajstić information content (AvgIpc) is 3.49. The van der Waals surface area contributed by atoms with Crippen molar-refractivity contribution in [2.75, 3.05) is 0 Å². The minimum atomic E-state index is -0.363. The Morgan fingerprint density at radius 3 is 2.79 bits per heavy atom. The summed E-state index contributed by atoms with van der Waals surface area (Å²) < 4.78 is 19.4. The van der Waals surface area contributed by atoms with E-state index in [1.54, 1.807) is 23.5 Å². The number of nitrogens with one attached hydrogen (secondary N) is 1. The highest BCUT2D eigenvalue weighted by Crippen LogP contribution is 2.38. The maximum absolute atomic E-state index is 13.7. The van der Waals surface area contributed by atoms with Gasteiger partial charge < -0.3 is 14.7 Å². The molecular formula is C24H18ClFN4OS2. The molecule has 0 saturated heterocycles. The maximum atomic E-state index is 13.7. The highest BCUT2D eigenvalue weighted by molar-refractivity contribution is 7.80. The first kappa shape index (κ1) is 21.8. The summed E-state index contributed by atoms with van der Waals surface area (Å²) in [6.07, 6.45) is 0. The molecule has 4 aromatic rings. The molecule has 1 atom stereocenters. The number of allylic oxidation sites excluding steroid dienone is 1. The molecule has 0 radical (unpaired) electrons. The van der Waals surface area contributed by atoms with Crippen LogP contribution in [-0.2, 0) is 6.54 Å². The molecule has 9 heteroatoms. The first-order valence-electron chi connectivity index (χ1n) is 10.2. The molecule has 0 saturated carbocycles. The molecule has 1 unspecified atom stereocenters. The summed E-state index contributed by atoms with van der Waals surface area (Å²) in [6.45, 7) is 2.60. The lowest BCUT2D eigenvalue weighted by molar-refractivity contribution is 0.396. The van der Waals surface area contributed by atoms with Crippen LogP contribution >= 0.6 is 35.2 Å². The molecule has 3 heterocycles. The summed E-state index contributed by atoms with van der Waals surface area (Å²) in [5, 5.41) is 10.8. The zero-order chi connectivity index (χ0) is 22.9. The zero-order valence-electron chi connectivity index (χ0n) is 17.5. The van der Waals surface area contributed by atoms with E-state index in [4.69, 9.17) is 28.3 Å². The Balaban J connectivity index is 1.61. The van der Waals surface area contributed by atoms with Crippen LogP contribution < -0.4 is 5.32 Å². The van der Waals surface area contributed by atoms with Crippen LogP contribution in [0.2, 0.25) is 5.02 Å². The molecule has 0 spiro atoms. The van der Waals surface area contributed by atoms with Crippen molar-refractivity contribution in [3.63, 3.8) is 0 Å². The third-order valence-corrected chi connectivity index (χ3v) is 6.85. The van der Waals surface area contributed by atoms with Crippen molar-refractivity contribution in [2.24, 2.45) is 0 Å². The third kappa shape index (κ3) is 4.42. The number of thiophene rings is 1. The topological polar surface area (TPSA) is 54.2 Å². The van der Waals surface area contributed by atoms with Gasteiger partial charge in [-0.3, -0.25) is 0 Å². The second kappa shape index (κ2) is 9.05. The van der Waals surface area contributed by atoms with Crippen LogP contribution in [0.5, 0.6) is 0 Å². The van der Waals surface area contributed by atoms with Gasteiger partial charge in [-0.05, 0) is 60.4 Å². The van der Waals surface area contributed by atoms with Gasteiger partial charge >= 0.3 is 0 Å². The fourth-order valence-electron chi connectivity index (χ4n) is 3.82. The summed E-state index contributed by atoms with van der Waals surface area (Å²) in [7, 11) is 0. The molecule has 0 amide bonds. The Morgan fingerprint density at radius 1 is 1.18 bits per heavy atom. The lowest BCUT2D eigenvalue weighted by Gasteiger charge is -2.37. The third-order valence-electron chi connectivity index (χ3n) is 5.41. The highest BCUT2D eigenvalue weighted by atomic mass is 35.5. The van der Waals surface area contributed by atoms with Crippen molar-refractivity contribution < 1.29 is 8.91 Å². The number of hydrogen-bond donors (Lipinski definition) is 1. The van der Waals surface area contributed by atoms with Crippen LogP contribution in [0.3, 0.4) is 0 Å². The van der Waals surface area contributed by atoms with Gasteiger partial charge in [0.25, 0.3) is 5.89 Å². The molecule has 166 valence electrons. The number of benzene rings is 2. The summed E-state index contributed by atoms with van der Waals surface area (Å²) >= 11 is 13.7. The molecule has 1 N–H and O–H groups in total. The molecule has 5 rings (SSSR count). The molecule has 5 nitrogen and oxygen atoms in total. The second-order valence-electron chi connectivity index (χ2n) is 7.54. The van der Waals surface area contributed by atoms with Crippen LogP contribution in [0.4, 0.5) is 4.39 Å². The molecule has 0 fully saturated rings. The van der Waals surface area contributed by atoms with Gasteiger partial charge in [0.15, 0.2) is 5.11 Å². The summed E-state index contributed by atoms with van der Waals surface area (Å²) in [4.78, 5) is 7.80. The second-order valence-corrected chi connectivity index (χ2v) is 9.39. The van der Waals surface area contributed by atoms with E-state index in [1.807, 2.05) is 47.5 Å². The summed E-state index contributed by atoms with van der Waals surface area (Å²) in [5.41, 5.74) is 3.14. The van der Waals surface area contributed by atoms with E-state index in [1.165, 1.54) is 17.0 Å². The van der Waals surface area contributed by atoms with Crippen molar-refractivity contribution in [3.8, 4) is 11.4 Å². The number of thiocarbonyl (C=S) groups is 1.